The third-order valence-electron chi connectivity index (χ3n) is 5.12. The maximum atomic E-state index is 13.0. The van der Waals surface area contributed by atoms with E-state index in [2.05, 4.69) is 9.97 Å². The van der Waals surface area contributed by atoms with Crippen molar-refractivity contribution in [1.29, 1.82) is 0 Å². The van der Waals surface area contributed by atoms with Crippen molar-refractivity contribution in [3.05, 3.63) is 59.7 Å². The highest BCUT2D eigenvalue weighted by Crippen LogP contribution is 2.38. The summed E-state index contributed by atoms with van der Waals surface area (Å²) in [7, 11) is 0. The Morgan fingerprint density at radius 2 is 1.90 bits per heavy atom. The topological polar surface area (TPSA) is 101 Å². The molecule has 1 aromatic carbocycles. The number of alkyl halides is 3. The van der Waals surface area contributed by atoms with Crippen LogP contribution >= 0.6 is 0 Å². The SMILES string of the molecule is Cc1ncnc2c1ccn2[C@@H]1O[C@H](C(O)c2cccc(C(F)(F)F)c2)[C@@H](O)[C@H]1O. The fourth-order valence-electron chi connectivity index (χ4n) is 3.57. The quantitative estimate of drug-likeness (QED) is 0.613. The molecule has 3 N–H and O–H groups in total. The molecule has 1 fully saturated rings. The van der Waals surface area contributed by atoms with Crippen molar-refractivity contribution in [1.82, 2.24) is 14.5 Å². The van der Waals surface area contributed by atoms with E-state index < -0.39 is 42.4 Å². The van der Waals surface area contributed by atoms with Crippen LogP contribution in [0.25, 0.3) is 11.0 Å². The minimum absolute atomic E-state index is 0.0766. The number of benzene rings is 1. The van der Waals surface area contributed by atoms with Gasteiger partial charge in [-0.3, -0.25) is 0 Å². The first-order valence-corrected chi connectivity index (χ1v) is 8.83. The lowest BCUT2D eigenvalue weighted by atomic mass is 9.97. The lowest BCUT2D eigenvalue weighted by Gasteiger charge is -2.22. The number of aryl methyl sites for hydroxylation is 1. The summed E-state index contributed by atoms with van der Waals surface area (Å²) in [5.74, 6) is 0. The van der Waals surface area contributed by atoms with E-state index in [-0.39, 0.29) is 5.56 Å². The monoisotopic (exact) mass is 409 g/mol. The number of halogens is 3. The van der Waals surface area contributed by atoms with E-state index >= 15 is 0 Å². The number of fused-ring (bicyclic) bond motifs is 1. The van der Waals surface area contributed by atoms with E-state index in [1.54, 1.807) is 19.2 Å². The van der Waals surface area contributed by atoms with Gasteiger partial charge in [-0.05, 0) is 30.7 Å². The number of nitrogens with zero attached hydrogens (tertiary/aromatic N) is 3. The molecule has 3 aromatic rings. The van der Waals surface area contributed by atoms with E-state index in [1.807, 2.05) is 0 Å². The van der Waals surface area contributed by atoms with Crippen LogP contribution in [0, 0.1) is 6.92 Å². The number of aliphatic hydroxyl groups excluding tert-OH is 3. The minimum Gasteiger partial charge on any atom is -0.387 e. The highest BCUT2D eigenvalue weighted by molar-refractivity contribution is 5.78. The van der Waals surface area contributed by atoms with Gasteiger partial charge in [0.25, 0.3) is 0 Å². The lowest BCUT2D eigenvalue weighted by molar-refractivity contribution is -0.137. The Bertz CT molecular complexity index is 1040. The summed E-state index contributed by atoms with van der Waals surface area (Å²) >= 11 is 0. The van der Waals surface area contributed by atoms with Gasteiger partial charge in [0.2, 0.25) is 0 Å². The zero-order valence-electron chi connectivity index (χ0n) is 15.2. The van der Waals surface area contributed by atoms with Crippen molar-refractivity contribution >= 4 is 11.0 Å². The minimum atomic E-state index is -4.57. The van der Waals surface area contributed by atoms with Gasteiger partial charge in [-0.15, -0.1) is 0 Å². The van der Waals surface area contributed by atoms with Crippen molar-refractivity contribution in [2.24, 2.45) is 0 Å². The second kappa shape index (κ2) is 7.06. The maximum absolute atomic E-state index is 13.0. The summed E-state index contributed by atoms with van der Waals surface area (Å²) in [6.45, 7) is 1.79. The Balaban J connectivity index is 1.64. The summed E-state index contributed by atoms with van der Waals surface area (Å²) < 4.78 is 46.1. The molecular formula is C19H18F3N3O4. The fraction of sp³-hybridized carbons (Fsp3) is 0.368. The zero-order valence-corrected chi connectivity index (χ0v) is 15.2. The summed E-state index contributed by atoms with van der Waals surface area (Å²) in [5.41, 5.74) is 0.166. The molecule has 10 heteroatoms. The number of aromatic nitrogens is 3. The number of hydrogen-bond donors (Lipinski definition) is 3. The molecule has 1 unspecified atom stereocenters. The van der Waals surface area contributed by atoms with Gasteiger partial charge < -0.3 is 24.6 Å². The van der Waals surface area contributed by atoms with Crippen LogP contribution in [0.4, 0.5) is 13.2 Å². The van der Waals surface area contributed by atoms with Crippen molar-refractivity contribution in [2.75, 3.05) is 0 Å². The van der Waals surface area contributed by atoms with Gasteiger partial charge in [-0.1, -0.05) is 12.1 Å². The standard InChI is InChI=1S/C19H18F3N3O4/c1-9-12-5-6-25(17(12)24-8-23-9)18-15(28)14(27)16(29-18)13(26)10-3-2-4-11(7-10)19(20,21)22/h2-8,13-16,18,26-28H,1H3/t13?,14-,15+,16+,18+/m0/s1. The fourth-order valence-corrected chi connectivity index (χ4v) is 3.57. The van der Waals surface area contributed by atoms with Crippen LogP contribution in [0.5, 0.6) is 0 Å². The van der Waals surface area contributed by atoms with Crippen LogP contribution in [-0.2, 0) is 10.9 Å². The number of ether oxygens (including phenoxy) is 1. The van der Waals surface area contributed by atoms with Crippen molar-refractivity contribution in [3.63, 3.8) is 0 Å². The first-order valence-electron chi connectivity index (χ1n) is 8.83. The molecule has 0 bridgehead atoms. The van der Waals surface area contributed by atoms with E-state index in [9.17, 15) is 28.5 Å². The van der Waals surface area contributed by atoms with Crippen LogP contribution in [0.1, 0.15) is 29.2 Å². The van der Waals surface area contributed by atoms with Crippen LogP contribution in [-0.4, -0.2) is 48.2 Å². The molecule has 0 saturated carbocycles. The molecule has 29 heavy (non-hydrogen) atoms. The maximum Gasteiger partial charge on any atom is 0.416 e. The van der Waals surface area contributed by atoms with Crippen molar-refractivity contribution in [2.45, 2.75) is 43.7 Å². The Morgan fingerprint density at radius 1 is 1.14 bits per heavy atom. The highest BCUT2D eigenvalue weighted by Gasteiger charge is 2.47. The first kappa shape index (κ1) is 19.8. The normalized spacial score (nSPS) is 26.2. The summed E-state index contributed by atoms with van der Waals surface area (Å²) in [6, 6.07) is 5.87. The van der Waals surface area contributed by atoms with Gasteiger partial charge in [0.05, 0.1) is 11.3 Å². The van der Waals surface area contributed by atoms with Crippen molar-refractivity contribution < 1.29 is 33.2 Å². The molecule has 0 radical (unpaired) electrons. The van der Waals surface area contributed by atoms with Crippen LogP contribution < -0.4 is 0 Å². The second-order valence-corrected chi connectivity index (χ2v) is 6.96. The molecule has 4 rings (SSSR count). The summed E-state index contributed by atoms with van der Waals surface area (Å²) in [4.78, 5) is 8.25. The van der Waals surface area contributed by atoms with Gasteiger partial charge in [0, 0.05) is 11.6 Å². The van der Waals surface area contributed by atoms with Gasteiger partial charge in [0.1, 0.15) is 36.4 Å². The molecule has 1 saturated heterocycles. The number of aliphatic hydroxyl groups is 3. The largest absolute Gasteiger partial charge is 0.416 e. The molecule has 154 valence electrons. The molecule has 7 nitrogen and oxygen atoms in total. The van der Waals surface area contributed by atoms with E-state index in [0.717, 1.165) is 23.6 Å². The molecule has 0 amide bonds. The Hall–Kier alpha value is -2.53. The predicted molar refractivity (Wildman–Crippen MR) is 94.6 cm³/mol. The van der Waals surface area contributed by atoms with Gasteiger partial charge in [0.15, 0.2) is 6.23 Å². The Morgan fingerprint density at radius 3 is 2.62 bits per heavy atom. The predicted octanol–water partition coefficient (Wildman–Crippen LogP) is 2.11. The molecular weight excluding hydrogens is 391 g/mol. The number of rotatable bonds is 3. The van der Waals surface area contributed by atoms with Gasteiger partial charge in [-0.25, -0.2) is 9.97 Å². The molecule has 2 aromatic heterocycles. The zero-order chi connectivity index (χ0) is 20.9. The third kappa shape index (κ3) is 3.38. The van der Waals surface area contributed by atoms with Gasteiger partial charge in [-0.2, -0.15) is 13.2 Å². The average Bonchev–Trinajstić information content (AvgIpc) is 3.23. The average molecular weight is 409 g/mol. The van der Waals surface area contributed by atoms with Crippen molar-refractivity contribution in [3.8, 4) is 0 Å². The summed E-state index contributed by atoms with van der Waals surface area (Å²) in [5, 5.41) is 32.2. The molecule has 1 aliphatic heterocycles. The number of hydrogen-bond acceptors (Lipinski definition) is 6. The van der Waals surface area contributed by atoms with Crippen LogP contribution in [0.15, 0.2) is 42.9 Å². The smallest absolute Gasteiger partial charge is 0.387 e. The molecule has 0 aliphatic carbocycles. The lowest BCUT2D eigenvalue weighted by Crippen LogP contribution is -2.34. The molecule has 1 aliphatic rings. The van der Waals surface area contributed by atoms with E-state index in [4.69, 9.17) is 4.74 Å². The van der Waals surface area contributed by atoms with Crippen LogP contribution in [0.3, 0.4) is 0 Å². The first-order chi connectivity index (χ1) is 13.7. The Kier molecular flexibility index (Phi) is 4.82. The molecule has 3 heterocycles. The third-order valence-corrected chi connectivity index (χ3v) is 5.12. The van der Waals surface area contributed by atoms with Crippen LogP contribution in [0.2, 0.25) is 0 Å². The summed E-state index contributed by atoms with van der Waals surface area (Å²) in [6.07, 6.45) is -8.57. The highest BCUT2D eigenvalue weighted by atomic mass is 19.4. The second-order valence-electron chi connectivity index (χ2n) is 6.96. The molecule has 5 atom stereocenters. The van der Waals surface area contributed by atoms with E-state index in [0.29, 0.717) is 11.3 Å². The van der Waals surface area contributed by atoms with Gasteiger partial charge >= 0.3 is 6.18 Å². The molecule has 0 spiro atoms. The van der Waals surface area contributed by atoms with E-state index in [1.165, 1.54) is 17.0 Å². The Labute approximate surface area is 163 Å².